The Morgan fingerprint density at radius 1 is 1.17 bits per heavy atom. The number of anilines is 1. The molecule has 2 rings (SSSR count). The molecule has 1 heterocycles. The van der Waals surface area contributed by atoms with Gasteiger partial charge in [-0.3, -0.25) is 5.43 Å². The standard InChI is InChI=1S/C14H21N3O/c1-11-7-6-8-12(2)17(11)16-14(18)15-13-9-4-3-5-10-13/h3-5,9-12H,6-8H2,1-2H3,(H2,15,16,18)/t11-,12-/m0/s1. The largest absolute Gasteiger partial charge is 0.333 e. The summed E-state index contributed by atoms with van der Waals surface area (Å²) in [6.45, 7) is 4.30. The fourth-order valence-electron chi connectivity index (χ4n) is 2.44. The van der Waals surface area contributed by atoms with Crippen molar-refractivity contribution in [3.63, 3.8) is 0 Å². The van der Waals surface area contributed by atoms with Crippen LogP contribution in [0.1, 0.15) is 33.1 Å². The van der Waals surface area contributed by atoms with Gasteiger partial charge in [0.15, 0.2) is 0 Å². The van der Waals surface area contributed by atoms with Gasteiger partial charge in [-0.1, -0.05) is 24.6 Å². The lowest BCUT2D eigenvalue weighted by Gasteiger charge is -2.38. The normalized spacial score (nSPS) is 24.6. The Labute approximate surface area is 108 Å². The van der Waals surface area contributed by atoms with Crippen LogP contribution < -0.4 is 10.7 Å². The Hall–Kier alpha value is -1.55. The second kappa shape index (κ2) is 5.87. The van der Waals surface area contributed by atoms with E-state index in [2.05, 4.69) is 29.6 Å². The molecule has 1 fully saturated rings. The van der Waals surface area contributed by atoms with E-state index in [1.807, 2.05) is 30.3 Å². The topological polar surface area (TPSA) is 44.4 Å². The molecule has 98 valence electrons. The van der Waals surface area contributed by atoms with Gasteiger partial charge in [0.05, 0.1) is 0 Å². The predicted molar refractivity (Wildman–Crippen MR) is 73.2 cm³/mol. The third kappa shape index (κ3) is 3.23. The zero-order valence-corrected chi connectivity index (χ0v) is 11.0. The minimum absolute atomic E-state index is 0.165. The quantitative estimate of drug-likeness (QED) is 0.843. The van der Waals surface area contributed by atoms with Gasteiger partial charge < -0.3 is 5.32 Å². The first-order valence-electron chi connectivity index (χ1n) is 6.58. The minimum Gasteiger partial charge on any atom is -0.307 e. The first-order valence-corrected chi connectivity index (χ1v) is 6.58. The van der Waals surface area contributed by atoms with E-state index in [0.717, 1.165) is 18.5 Å². The average molecular weight is 247 g/mol. The predicted octanol–water partition coefficient (Wildman–Crippen LogP) is 2.99. The van der Waals surface area contributed by atoms with Crippen molar-refractivity contribution in [1.29, 1.82) is 0 Å². The van der Waals surface area contributed by atoms with Crippen molar-refractivity contribution in [2.75, 3.05) is 5.32 Å². The number of nitrogens with one attached hydrogen (secondary N) is 2. The molecule has 1 aromatic rings. The third-order valence-corrected chi connectivity index (χ3v) is 3.46. The maximum absolute atomic E-state index is 11.9. The van der Waals surface area contributed by atoms with Crippen LogP contribution in [-0.2, 0) is 0 Å². The van der Waals surface area contributed by atoms with Gasteiger partial charge in [-0.15, -0.1) is 0 Å². The van der Waals surface area contributed by atoms with E-state index in [1.165, 1.54) is 6.42 Å². The molecular formula is C14H21N3O. The Kier molecular flexibility index (Phi) is 4.20. The van der Waals surface area contributed by atoms with Crippen molar-refractivity contribution in [2.45, 2.75) is 45.2 Å². The van der Waals surface area contributed by atoms with E-state index in [1.54, 1.807) is 0 Å². The number of rotatable bonds is 2. The number of amides is 2. The summed E-state index contributed by atoms with van der Waals surface area (Å²) in [5.41, 5.74) is 3.76. The number of hydrazine groups is 1. The summed E-state index contributed by atoms with van der Waals surface area (Å²) in [7, 11) is 0. The number of hydrogen-bond donors (Lipinski definition) is 2. The third-order valence-electron chi connectivity index (χ3n) is 3.46. The van der Waals surface area contributed by atoms with E-state index < -0.39 is 0 Å². The zero-order valence-electron chi connectivity index (χ0n) is 11.0. The number of urea groups is 1. The monoisotopic (exact) mass is 247 g/mol. The molecule has 0 aromatic heterocycles. The Morgan fingerprint density at radius 3 is 2.39 bits per heavy atom. The van der Waals surface area contributed by atoms with Crippen LogP contribution in [0.3, 0.4) is 0 Å². The highest BCUT2D eigenvalue weighted by atomic mass is 16.2. The number of carbonyl (C=O) groups is 1. The maximum Gasteiger partial charge on any atom is 0.333 e. The van der Waals surface area contributed by atoms with Crippen molar-refractivity contribution in [1.82, 2.24) is 10.4 Å². The zero-order chi connectivity index (χ0) is 13.0. The number of piperidine rings is 1. The second-order valence-electron chi connectivity index (χ2n) is 4.97. The molecule has 0 aliphatic carbocycles. The summed E-state index contributed by atoms with van der Waals surface area (Å²) in [6.07, 6.45) is 3.51. The Balaban J connectivity index is 1.90. The summed E-state index contributed by atoms with van der Waals surface area (Å²) in [4.78, 5) is 11.9. The van der Waals surface area contributed by atoms with E-state index >= 15 is 0 Å². The van der Waals surface area contributed by atoms with Crippen LogP contribution in [-0.4, -0.2) is 23.1 Å². The highest BCUT2D eigenvalue weighted by Crippen LogP contribution is 2.20. The maximum atomic E-state index is 11.9. The lowest BCUT2D eigenvalue weighted by Crippen LogP contribution is -2.55. The summed E-state index contributed by atoms with van der Waals surface area (Å²) >= 11 is 0. The van der Waals surface area contributed by atoms with E-state index in [0.29, 0.717) is 12.1 Å². The molecule has 1 aliphatic rings. The molecule has 0 bridgehead atoms. The fourth-order valence-corrected chi connectivity index (χ4v) is 2.44. The van der Waals surface area contributed by atoms with Crippen LogP contribution in [0.25, 0.3) is 0 Å². The van der Waals surface area contributed by atoms with Crippen molar-refractivity contribution < 1.29 is 4.79 Å². The van der Waals surface area contributed by atoms with E-state index in [-0.39, 0.29) is 6.03 Å². The average Bonchev–Trinajstić information content (AvgIpc) is 2.35. The van der Waals surface area contributed by atoms with Crippen LogP contribution >= 0.6 is 0 Å². The molecular weight excluding hydrogens is 226 g/mol. The summed E-state index contributed by atoms with van der Waals surface area (Å²) in [6, 6.07) is 10.1. The summed E-state index contributed by atoms with van der Waals surface area (Å²) in [5, 5.41) is 4.90. The summed E-state index contributed by atoms with van der Waals surface area (Å²) in [5.74, 6) is 0. The molecule has 0 unspecified atom stereocenters. The first-order chi connectivity index (χ1) is 8.66. The smallest absolute Gasteiger partial charge is 0.307 e. The van der Waals surface area contributed by atoms with Crippen LogP contribution in [0, 0.1) is 0 Å². The van der Waals surface area contributed by atoms with Gasteiger partial charge in [-0.2, -0.15) is 0 Å². The molecule has 18 heavy (non-hydrogen) atoms. The molecule has 0 radical (unpaired) electrons. The van der Waals surface area contributed by atoms with Crippen molar-refractivity contribution >= 4 is 11.7 Å². The molecule has 1 aromatic carbocycles. The molecule has 2 atom stereocenters. The van der Waals surface area contributed by atoms with Crippen LogP contribution in [0.2, 0.25) is 0 Å². The van der Waals surface area contributed by atoms with Gasteiger partial charge in [0.25, 0.3) is 0 Å². The number of nitrogens with zero attached hydrogens (tertiary/aromatic N) is 1. The van der Waals surface area contributed by atoms with Crippen molar-refractivity contribution in [3.05, 3.63) is 30.3 Å². The van der Waals surface area contributed by atoms with Gasteiger partial charge in [-0.05, 0) is 38.8 Å². The van der Waals surface area contributed by atoms with E-state index in [9.17, 15) is 4.79 Å². The molecule has 0 saturated carbocycles. The first kappa shape index (κ1) is 12.9. The van der Waals surface area contributed by atoms with Crippen molar-refractivity contribution in [2.24, 2.45) is 0 Å². The molecule has 2 N–H and O–H groups in total. The molecule has 4 nitrogen and oxygen atoms in total. The highest BCUT2D eigenvalue weighted by Gasteiger charge is 2.25. The summed E-state index contributed by atoms with van der Waals surface area (Å²) < 4.78 is 0. The lowest BCUT2D eigenvalue weighted by atomic mass is 10.00. The van der Waals surface area contributed by atoms with E-state index in [4.69, 9.17) is 0 Å². The van der Waals surface area contributed by atoms with Crippen LogP contribution in [0.15, 0.2) is 30.3 Å². The number of benzene rings is 1. The second-order valence-corrected chi connectivity index (χ2v) is 4.97. The highest BCUT2D eigenvalue weighted by molar-refractivity contribution is 5.88. The van der Waals surface area contributed by atoms with Gasteiger partial charge in [0, 0.05) is 17.8 Å². The molecule has 1 aliphatic heterocycles. The Morgan fingerprint density at radius 2 is 1.78 bits per heavy atom. The molecule has 4 heteroatoms. The van der Waals surface area contributed by atoms with Crippen LogP contribution in [0.5, 0.6) is 0 Å². The lowest BCUT2D eigenvalue weighted by molar-refractivity contribution is 0.0625. The Bertz CT molecular complexity index is 383. The van der Waals surface area contributed by atoms with Crippen molar-refractivity contribution in [3.8, 4) is 0 Å². The minimum atomic E-state index is -0.165. The molecule has 0 spiro atoms. The van der Waals surface area contributed by atoms with Gasteiger partial charge in [0.2, 0.25) is 0 Å². The fraction of sp³-hybridized carbons (Fsp3) is 0.500. The molecule has 2 amide bonds. The van der Waals surface area contributed by atoms with Gasteiger partial charge >= 0.3 is 6.03 Å². The molecule has 1 saturated heterocycles. The van der Waals surface area contributed by atoms with Crippen LogP contribution in [0.4, 0.5) is 10.5 Å². The number of hydrogen-bond acceptors (Lipinski definition) is 2. The van der Waals surface area contributed by atoms with Gasteiger partial charge in [-0.25, -0.2) is 9.80 Å². The number of carbonyl (C=O) groups excluding carboxylic acids is 1. The number of para-hydroxylation sites is 1. The SMILES string of the molecule is C[C@H]1CCC[C@H](C)N1NC(=O)Nc1ccccc1. The van der Waals surface area contributed by atoms with Gasteiger partial charge in [0.1, 0.15) is 0 Å².